The number of nitrogens with one attached hydrogen (secondary N) is 1. The fourth-order valence-electron chi connectivity index (χ4n) is 1.23. The van der Waals surface area contributed by atoms with Gasteiger partial charge in [-0.15, -0.1) is 11.8 Å². The molecule has 0 spiro atoms. The van der Waals surface area contributed by atoms with Crippen molar-refractivity contribution in [2.75, 3.05) is 6.54 Å². The Balaban J connectivity index is 2.78. The summed E-state index contributed by atoms with van der Waals surface area (Å²) in [5, 5.41) is 8.70. The van der Waals surface area contributed by atoms with Crippen LogP contribution in [0.25, 0.3) is 0 Å². The first kappa shape index (κ1) is 14.2. The average Bonchev–Trinajstić information content (AvgIpc) is 2.35. The van der Waals surface area contributed by atoms with Gasteiger partial charge in [0.05, 0.1) is 10.5 Å². The Morgan fingerprint density at radius 3 is 2.44 bits per heavy atom. The summed E-state index contributed by atoms with van der Waals surface area (Å²) in [7, 11) is -3.59. The lowest BCUT2D eigenvalue weighted by atomic mass is 10.2. The molecule has 0 radical (unpaired) electrons. The number of sulfonamides is 1. The molecule has 0 heterocycles. The summed E-state index contributed by atoms with van der Waals surface area (Å²) in [5.41, 5.74) is 0.0470. The molecule has 1 aromatic carbocycles. The van der Waals surface area contributed by atoms with Crippen LogP contribution in [-0.4, -0.2) is 26.0 Å². The standard InChI is InChI=1S/C12H13NO4S/c1-2-3-4-9-13-18(16,17)11-7-5-10(6-8-11)12(14)15/h5-8,13H,4,9H2,1H3,(H,14,15). The lowest BCUT2D eigenvalue weighted by Crippen LogP contribution is -2.24. The van der Waals surface area contributed by atoms with Crippen LogP contribution in [0, 0.1) is 11.8 Å². The van der Waals surface area contributed by atoms with E-state index in [4.69, 9.17) is 5.11 Å². The van der Waals surface area contributed by atoms with Crippen molar-refractivity contribution >= 4 is 16.0 Å². The zero-order chi connectivity index (χ0) is 13.6. The van der Waals surface area contributed by atoms with E-state index in [1.165, 1.54) is 24.3 Å². The van der Waals surface area contributed by atoms with E-state index in [0.717, 1.165) is 0 Å². The van der Waals surface area contributed by atoms with E-state index < -0.39 is 16.0 Å². The molecule has 0 aliphatic rings. The van der Waals surface area contributed by atoms with Crippen molar-refractivity contribution in [3.63, 3.8) is 0 Å². The van der Waals surface area contributed by atoms with Crippen molar-refractivity contribution in [3.8, 4) is 11.8 Å². The molecule has 0 unspecified atom stereocenters. The minimum absolute atomic E-state index is 0.0388. The quantitative estimate of drug-likeness (QED) is 0.617. The summed E-state index contributed by atoms with van der Waals surface area (Å²) in [5.74, 6) is 4.31. The maximum absolute atomic E-state index is 11.8. The highest BCUT2D eigenvalue weighted by atomic mass is 32.2. The average molecular weight is 267 g/mol. The molecule has 0 aliphatic heterocycles. The van der Waals surface area contributed by atoms with E-state index in [9.17, 15) is 13.2 Å². The van der Waals surface area contributed by atoms with Crippen molar-refractivity contribution in [1.82, 2.24) is 4.72 Å². The summed E-state index contributed by atoms with van der Waals surface area (Å²) < 4.78 is 25.9. The number of benzene rings is 1. The smallest absolute Gasteiger partial charge is 0.335 e. The second-order valence-corrected chi connectivity index (χ2v) is 5.17. The van der Waals surface area contributed by atoms with Gasteiger partial charge in [0.2, 0.25) is 10.0 Å². The monoisotopic (exact) mass is 267 g/mol. The number of carboxylic acids is 1. The Kier molecular flexibility index (Phi) is 4.89. The predicted molar refractivity (Wildman–Crippen MR) is 66.7 cm³/mol. The summed E-state index contributed by atoms with van der Waals surface area (Å²) in [6.45, 7) is 1.91. The van der Waals surface area contributed by atoms with Gasteiger partial charge in [-0.25, -0.2) is 17.9 Å². The van der Waals surface area contributed by atoms with Gasteiger partial charge in [-0.1, -0.05) is 0 Å². The zero-order valence-corrected chi connectivity index (χ0v) is 10.6. The van der Waals surface area contributed by atoms with Crippen molar-refractivity contribution in [2.24, 2.45) is 0 Å². The summed E-state index contributed by atoms with van der Waals surface area (Å²) in [6.07, 6.45) is 0.433. The molecule has 2 N–H and O–H groups in total. The Morgan fingerprint density at radius 2 is 1.94 bits per heavy atom. The summed E-state index contributed by atoms with van der Waals surface area (Å²) in [4.78, 5) is 10.7. The number of carbonyl (C=O) groups is 1. The van der Waals surface area contributed by atoms with Gasteiger partial charge in [-0.2, -0.15) is 0 Å². The second-order valence-electron chi connectivity index (χ2n) is 3.40. The first-order valence-corrected chi connectivity index (χ1v) is 6.68. The number of carboxylic acid groups (broad SMARTS) is 1. The van der Waals surface area contributed by atoms with Crippen LogP contribution >= 0.6 is 0 Å². The van der Waals surface area contributed by atoms with Crippen LogP contribution in [0.15, 0.2) is 29.2 Å². The number of hydrogen-bond donors (Lipinski definition) is 2. The fourth-order valence-corrected chi connectivity index (χ4v) is 2.26. The third kappa shape index (κ3) is 3.87. The molecule has 0 fully saturated rings. The molecule has 0 atom stereocenters. The number of hydrogen-bond acceptors (Lipinski definition) is 3. The Morgan fingerprint density at radius 1 is 1.33 bits per heavy atom. The van der Waals surface area contributed by atoms with Gasteiger partial charge in [0, 0.05) is 13.0 Å². The van der Waals surface area contributed by atoms with Crippen LogP contribution in [0.2, 0.25) is 0 Å². The topological polar surface area (TPSA) is 83.5 Å². The predicted octanol–water partition coefficient (Wildman–Crippen LogP) is 1.08. The molecule has 5 nitrogen and oxygen atoms in total. The molecule has 18 heavy (non-hydrogen) atoms. The molecule has 1 rings (SSSR count). The maximum Gasteiger partial charge on any atom is 0.335 e. The van der Waals surface area contributed by atoms with E-state index in [1.54, 1.807) is 6.92 Å². The van der Waals surface area contributed by atoms with Crippen LogP contribution in [0.4, 0.5) is 0 Å². The van der Waals surface area contributed by atoms with Crippen LogP contribution in [-0.2, 0) is 10.0 Å². The second kappa shape index (κ2) is 6.19. The van der Waals surface area contributed by atoms with E-state index in [0.29, 0.717) is 6.42 Å². The third-order valence-corrected chi connectivity index (χ3v) is 3.61. The molecular formula is C12H13NO4S. The molecule has 1 aromatic rings. The molecule has 0 saturated heterocycles. The van der Waals surface area contributed by atoms with Crippen molar-refractivity contribution in [3.05, 3.63) is 29.8 Å². The van der Waals surface area contributed by atoms with Crippen molar-refractivity contribution < 1.29 is 18.3 Å². The van der Waals surface area contributed by atoms with Crippen LogP contribution in [0.1, 0.15) is 23.7 Å². The third-order valence-electron chi connectivity index (χ3n) is 2.13. The summed E-state index contributed by atoms with van der Waals surface area (Å²) in [6, 6.07) is 5.03. The lowest BCUT2D eigenvalue weighted by Gasteiger charge is -2.05. The molecule has 96 valence electrons. The largest absolute Gasteiger partial charge is 0.478 e. The van der Waals surface area contributed by atoms with E-state index >= 15 is 0 Å². The number of aromatic carboxylic acids is 1. The Hall–Kier alpha value is -1.84. The molecule has 0 aromatic heterocycles. The van der Waals surface area contributed by atoms with Gasteiger partial charge >= 0.3 is 5.97 Å². The van der Waals surface area contributed by atoms with Gasteiger partial charge in [-0.3, -0.25) is 0 Å². The zero-order valence-electron chi connectivity index (χ0n) is 9.80. The Labute approximate surface area is 106 Å². The van der Waals surface area contributed by atoms with E-state index in [1.807, 2.05) is 0 Å². The minimum Gasteiger partial charge on any atom is -0.478 e. The first-order valence-electron chi connectivity index (χ1n) is 5.20. The van der Waals surface area contributed by atoms with E-state index in [-0.39, 0.29) is 17.0 Å². The van der Waals surface area contributed by atoms with Crippen molar-refractivity contribution in [1.29, 1.82) is 0 Å². The normalized spacial score (nSPS) is 10.5. The molecular weight excluding hydrogens is 254 g/mol. The summed E-state index contributed by atoms with van der Waals surface area (Å²) >= 11 is 0. The highest BCUT2D eigenvalue weighted by Gasteiger charge is 2.13. The highest BCUT2D eigenvalue weighted by Crippen LogP contribution is 2.10. The molecule has 0 amide bonds. The molecule has 6 heteroatoms. The molecule has 0 saturated carbocycles. The van der Waals surface area contributed by atoms with Crippen LogP contribution in [0.3, 0.4) is 0 Å². The van der Waals surface area contributed by atoms with Crippen molar-refractivity contribution in [2.45, 2.75) is 18.2 Å². The van der Waals surface area contributed by atoms with Gasteiger partial charge in [0.25, 0.3) is 0 Å². The van der Waals surface area contributed by atoms with Gasteiger partial charge < -0.3 is 5.11 Å². The minimum atomic E-state index is -3.59. The number of rotatable bonds is 5. The Bertz CT molecular complexity index is 579. The maximum atomic E-state index is 11.8. The van der Waals surface area contributed by atoms with Crippen LogP contribution < -0.4 is 4.72 Å². The molecule has 0 bridgehead atoms. The first-order chi connectivity index (χ1) is 8.47. The highest BCUT2D eigenvalue weighted by molar-refractivity contribution is 7.89. The van der Waals surface area contributed by atoms with Gasteiger partial charge in [-0.05, 0) is 31.2 Å². The van der Waals surface area contributed by atoms with E-state index in [2.05, 4.69) is 16.6 Å². The lowest BCUT2D eigenvalue weighted by molar-refractivity contribution is 0.0696. The molecule has 0 aliphatic carbocycles. The van der Waals surface area contributed by atoms with Gasteiger partial charge in [0.1, 0.15) is 0 Å². The SMILES string of the molecule is CC#CCCNS(=O)(=O)c1ccc(C(=O)O)cc1. The van der Waals surface area contributed by atoms with Crippen LogP contribution in [0.5, 0.6) is 0 Å². The van der Waals surface area contributed by atoms with Gasteiger partial charge in [0.15, 0.2) is 0 Å². The fraction of sp³-hybridized carbons (Fsp3) is 0.250.